The zero-order valence-corrected chi connectivity index (χ0v) is 14.5. The van der Waals surface area contributed by atoms with Crippen molar-refractivity contribution in [2.75, 3.05) is 13.3 Å². The fraction of sp³-hybridized carbons (Fsp3) is 0.235. The van der Waals surface area contributed by atoms with E-state index in [0.717, 1.165) is 6.26 Å². The van der Waals surface area contributed by atoms with Crippen LogP contribution in [0.2, 0.25) is 0 Å². The highest BCUT2D eigenvalue weighted by atomic mass is 32.2. The van der Waals surface area contributed by atoms with E-state index in [0.29, 0.717) is 5.56 Å². The van der Waals surface area contributed by atoms with Crippen molar-refractivity contribution >= 4 is 15.7 Å². The van der Waals surface area contributed by atoms with E-state index in [1.807, 2.05) is 0 Å². The minimum atomic E-state index is -3.54. The van der Waals surface area contributed by atoms with Crippen LogP contribution in [0.15, 0.2) is 53.4 Å². The summed E-state index contributed by atoms with van der Waals surface area (Å²) in [7, 11) is -2.00. The van der Waals surface area contributed by atoms with E-state index in [2.05, 4.69) is 4.74 Å². The van der Waals surface area contributed by atoms with Crippen molar-refractivity contribution in [3.8, 4) is 5.75 Å². The monoisotopic (exact) mass is 369 g/mol. The molecule has 0 heterocycles. The largest absolute Gasteiger partial charge is 0.435 e. The van der Waals surface area contributed by atoms with Crippen molar-refractivity contribution in [2.24, 2.45) is 0 Å². The summed E-state index contributed by atoms with van der Waals surface area (Å²) >= 11 is 0. The van der Waals surface area contributed by atoms with E-state index in [4.69, 9.17) is 0 Å². The smallest absolute Gasteiger partial charge is 0.387 e. The molecule has 0 aromatic heterocycles. The van der Waals surface area contributed by atoms with Crippen molar-refractivity contribution in [1.82, 2.24) is 4.90 Å². The van der Waals surface area contributed by atoms with Crippen LogP contribution < -0.4 is 4.74 Å². The Morgan fingerprint density at radius 1 is 1.12 bits per heavy atom. The van der Waals surface area contributed by atoms with Crippen molar-refractivity contribution < 1.29 is 26.7 Å². The third-order valence-corrected chi connectivity index (χ3v) is 4.59. The summed E-state index contributed by atoms with van der Waals surface area (Å²) in [6.45, 7) is -2.71. The number of sulfone groups is 1. The molecule has 0 aliphatic rings. The van der Waals surface area contributed by atoms with Gasteiger partial charge in [0.1, 0.15) is 5.75 Å². The predicted octanol–water partition coefficient (Wildman–Crippen LogP) is 2.96. The second-order valence-electron chi connectivity index (χ2n) is 5.45. The molecule has 0 N–H and O–H groups in total. The first-order valence-electron chi connectivity index (χ1n) is 7.27. The van der Waals surface area contributed by atoms with Crippen LogP contribution in [0.1, 0.15) is 15.9 Å². The maximum absolute atomic E-state index is 12.6. The average Bonchev–Trinajstić information content (AvgIpc) is 2.54. The van der Waals surface area contributed by atoms with Crippen molar-refractivity contribution in [3.63, 3.8) is 0 Å². The SMILES string of the molecule is CN(Cc1ccc(OC(F)F)cc1)C(=O)c1ccccc1S(C)(=O)=O. The molecule has 2 rings (SSSR count). The molecule has 0 unspecified atom stereocenters. The van der Waals surface area contributed by atoms with Crippen LogP contribution in [0.4, 0.5) is 8.78 Å². The summed E-state index contributed by atoms with van der Waals surface area (Å²) in [6.07, 6.45) is 1.04. The Hall–Kier alpha value is -2.48. The Morgan fingerprint density at radius 2 is 1.72 bits per heavy atom. The van der Waals surface area contributed by atoms with Crippen LogP contribution in [-0.4, -0.2) is 39.1 Å². The van der Waals surface area contributed by atoms with Crippen LogP contribution in [0.5, 0.6) is 5.75 Å². The lowest BCUT2D eigenvalue weighted by Crippen LogP contribution is -2.27. The number of rotatable bonds is 6. The van der Waals surface area contributed by atoms with E-state index in [-0.39, 0.29) is 22.8 Å². The Balaban J connectivity index is 2.16. The lowest BCUT2D eigenvalue weighted by atomic mass is 10.1. The van der Waals surface area contributed by atoms with Gasteiger partial charge in [0.2, 0.25) is 0 Å². The van der Waals surface area contributed by atoms with Crippen LogP contribution >= 0.6 is 0 Å². The quantitative estimate of drug-likeness (QED) is 0.785. The van der Waals surface area contributed by atoms with Crippen LogP contribution in [0.3, 0.4) is 0 Å². The normalized spacial score (nSPS) is 11.4. The first-order chi connectivity index (χ1) is 11.7. The second-order valence-corrected chi connectivity index (χ2v) is 7.44. The zero-order chi connectivity index (χ0) is 18.6. The topological polar surface area (TPSA) is 63.7 Å². The Kier molecular flexibility index (Phi) is 5.73. The number of ether oxygens (including phenoxy) is 1. The molecule has 0 radical (unpaired) electrons. The fourth-order valence-corrected chi connectivity index (χ4v) is 3.17. The average molecular weight is 369 g/mol. The molecule has 1 amide bonds. The summed E-state index contributed by atoms with van der Waals surface area (Å²) in [6, 6.07) is 11.9. The number of benzene rings is 2. The summed E-state index contributed by atoms with van der Waals surface area (Å²) in [5.74, 6) is -0.427. The summed E-state index contributed by atoms with van der Waals surface area (Å²) in [4.78, 5) is 13.9. The van der Waals surface area contributed by atoms with Gasteiger partial charge in [0.25, 0.3) is 5.91 Å². The molecule has 0 spiro atoms. The van der Waals surface area contributed by atoms with Gasteiger partial charge >= 0.3 is 6.61 Å². The third-order valence-electron chi connectivity index (χ3n) is 3.43. The molecule has 0 fully saturated rings. The Morgan fingerprint density at radius 3 is 2.28 bits per heavy atom. The molecule has 0 aliphatic carbocycles. The van der Waals surface area contributed by atoms with Crippen LogP contribution in [0, 0.1) is 0 Å². The maximum Gasteiger partial charge on any atom is 0.387 e. The molecule has 0 bridgehead atoms. The molecule has 134 valence electrons. The predicted molar refractivity (Wildman–Crippen MR) is 88.4 cm³/mol. The van der Waals surface area contributed by atoms with E-state index in [1.54, 1.807) is 24.3 Å². The zero-order valence-electron chi connectivity index (χ0n) is 13.6. The molecule has 2 aromatic rings. The number of hydrogen-bond acceptors (Lipinski definition) is 4. The number of hydrogen-bond donors (Lipinski definition) is 0. The lowest BCUT2D eigenvalue weighted by Gasteiger charge is -2.19. The molecule has 0 atom stereocenters. The molecule has 8 heteroatoms. The number of amides is 1. The van der Waals surface area contributed by atoms with Crippen molar-refractivity contribution in [2.45, 2.75) is 18.1 Å². The van der Waals surface area contributed by atoms with Gasteiger partial charge in [-0.3, -0.25) is 4.79 Å². The van der Waals surface area contributed by atoms with E-state index in [9.17, 15) is 22.0 Å². The number of halogens is 2. The standard InChI is InChI=1S/C17H17F2NO4S/c1-20(11-12-7-9-13(10-8-12)24-17(18)19)16(21)14-5-3-4-6-15(14)25(2,22)23/h3-10,17H,11H2,1-2H3. The Labute approximate surface area is 144 Å². The van der Waals surface area contributed by atoms with Gasteiger partial charge in [0.15, 0.2) is 9.84 Å². The first-order valence-corrected chi connectivity index (χ1v) is 9.16. The Bertz CT molecular complexity index is 851. The highest BCUT2D eigenvalue weighted by molar-refractivity contribution is 7.90. The summed E-state index contributed by atoms with van der Waals surface area (Å²) < 4.78 is 52.2. The minimum Gasteiger partial charge on any atom is -0.435 e. The van der Waals surface area contributed by atoms with Gasteiger partial charge in [0, 0.05) is 19.8 Å². The first kappa shape index (κ1) is 18.9. The molecule has 0 aliphatic heterocycles. The van der Waals surface area contributed by atoms with Crippen LogP contribution in [-0.2, 0) is 16.4 Å². The van der Waals surface area contributed by atoms with Crippen molar-refractivity contribution in [1.29, 1.82) is 0 Å². The van der Waals surface area contributed by atoms with E-state index in [1.165, 1.54) is 36.2 Å². The fourth-order valence-electron chi connectivity index (χ4n) is 2.29. The minimum absolute atomic E-state index is 0.0233. The van der Waals surface area contributed by atoms with Gasteiger partial charge in [-0.05, 0) is 29.8 Å². The summed E-state index contributed by atoms with van der Waals surface area (Å²) in [5, 5.41) is 0. The molecular formula is C17H17F2NO4S. The third kappa shape index (κ3) is 4.99. The number of carbonyl (C=O) groups excluding carboxylic acids is 1. The van der Waals surface area contributed by atoms with E-state index >= 15 is 0 Å². The maximum atomic E-state index is 12.6. The van der Waals surface area contributed by atoms with Gasteiger partial charge in [-0.2, -0.15) is 8.78 Å². The van der Waals surface area contributed by atoms with Gasteiger partial charge < -0.3 is 9.64 Å². The molecule has 0 saturated heterocycles. The molecule has 25 heavy (non-hydrogen) atoms. The van der Waals surface area contributed by atoms with Gasteiger partial charge in [0.05, 0.1) is 10.5 Å². The van der Waals surface area contributed by atoms with Gasteiger partial charge in [-0.15, -0.1) is 0 Å². The number of alkyl halides is 2. The second kappa shape index (κ2) is 7.60. The van der Waals surface area contributed by atoms with E-state index < -0.39 is 22.4 Å². The summed E-state index contributed by atoms with van der Waals surface area (Å²) in [5.41, 5.74) is 0.777. The molecule has 2 aromatic carbocycles. The van der Waals surface area contributed by atoms with Crippen molar-refractivity contribution in [3.05, 3.63) is 59.7 Å². The number of carbonyl (C=O) groups is 1. The molecule has 5 nitrogen and oxygen atoms in total. The van der Waals surface area contributed by atoms with Gasteiger partial charge in [-0.1, -0.05) is 24.3 Å². The number of nitrogens with zero attached hydrogens (tertiary/aromatic N) is 1. The van der Waals surface area contributed by atoms with Crippen LogP contribution in [0.25, 0.3) is 0 Å². The van der Waals surface area contributed by atoms with Gasteiger partial charge in [-0.25, -0.2) is 8.42 Å². The molecule has 0 saturated carbocycles. The highest BCUT2D eigenvalue weighted by Gasteiger charge is 2.21. The highest BCUT2D eigenvalue weighted by Crippen LogP contribution is 2.19. The lowest BCUT2D eigenvalue weighted by molar-refractivity contribution is -0.0498. The molecular weight excluding hydrogens is 352 g/mol.